The van der Waals surface area contributed by atoms with Crippen LogP contribution < -0.4 is 0 Å². The SMILES string of the molecule is C=CC(=C)OCC1CCCN1C(=O)c1ccc(C)cc1. The van der Waals surface area contributed by atoms with E-state index in [1.165, 1.54) is 0 Å². The van der Waals surface area contributed by atoms with Gasteiger partial charge in [-0.15, -0.1) is 0 Å². The fourth-order valence-electron chi connectivity index (χ4n) is 2.40. The number of benzene rings is 1. The number of nitrogens with zero attached hydrogens (tertiary/aromatic N) is 1. The number of allylic oxidation sites excluding steroid dienone is 1. The van der Waals surface area contributed by atoms with Gasteiger partial charge in [-0.2, -0.15) is 0 Å². The zero-order valence-corrected chi connectivity index (χ0v) is 12.0. The molecular weight excluding hydrogens is 250 g/mol. The number of amides is 1. The molecule has 0 saturated carbocycles. The van der Waals surface area contributed by atoms with Gasteiger partial charge >= 0.3 is 0 Å². The monoisotopic (exact) mass is 271 g/mol. The second kappa shape index (κ2) is 6.42. The minimum absolute atomic E-state index is 0.0836. The van der Waals surface area contributed by atoms with Gasteiger partial charge in [0.05, 0.1) is 6.04 Å². The number of carbonyl (C=O) groups excluding carboxylic acids is 1. The van der Waals surface area contributed by atoms with E-state index >= 15 is 0 Å². The van der Waals surface area contributed by atoms with E-state index in [-0.39, 0.29) is 11.9 Å². The Morgan fingerprint density at radius 1 is 1.45 bits per heavy atom. The zero-order chi connectivity index (χ0) is 14.5. The fraction of sp³-hybridized carbons (Fsp3) is 0.353. The predicted molar refractivity (Wildman–Crippen MR) is 80.5 cm³/mol. The van der Waals surface area contributed by atoms with E-state index in [1.54, 1.807) is 6.08 Å². The summed E-state index contributed by atoms with van der Waals surface area (Å²) in [5, 5.41) is 0. The van der Waals surface area contributed by atoms with Crippen molar-refractivity contribution in [2.45, 2.75) is 25.8 Å². The van der Waals surface area contributed by atoms with Gasteiger partial charge in [0.2, 0.25) is 0 Å². The minimum atomic E-state index is 0.0836. The number of hydrogen-bond acceptors (Lipinski definition) is 2. The third-order valence-electron chi connectivity index (χ3n) is 3.63. The average molecular weight is 271 g/mol. The molecule has 1 heterocycles. The van der Waals surface area contributed by atoms with Gasteiger partial charge in [-0.05, 0) is 38.0 Å². The summed E-state index contributed by atoms with van der Waals surface area (Å²) in [6, 6.07) is 7.83. The lowest BCUT2D eigenvalue weighted by Crippen LogP contribution is -2.38. The highest BCUT2D eigenvalue weighted by Gasteiger charge is 2.29. The molecule has 0 radical (unpaired) electrons. The first kappa shape index (κ1) is 14.4. The molecule has 1 aliphatic heterocycles. The number of rotatable bonds is 5. The lowest BCUT2D eigenvalue weighted by Gasteiger charge is -2.25. The van der Waals surface area contributed by atoms with Gasteiger partial charge < -0.3 is 9.64 Å². The van der Waals surface area contributed by atoms with Crippen LogP contribution in [-0.2, 0) is 4.74 Å². The van der Waals surface area contributed by atoms with Crippen molar-refractivity contribution in [3.8, 4) is 0 Å². The Labute approximate surface area is 120 Å². The summed E-state index contributed by atoms with van der Waals surface area (Å²) in [5.41, 5.74) is 1.90. The maximum atomic E-state index is 12.5. The third kappa shape index (κ3) is 3.29. The van der Waals surface area contributed by atoms with Crippen molar-refractivity contribution in [1.82, 2.24) is 4.90 Å². The van der Waals surface area contributed by atoms with Crippen molar-refractivity contribution in [2.75, 3.05) is 13.2 Å². The normalized spacial score (nSPS) is 17.9. The maximum absolute atomic E-state index is 12.5. The van der Waals surface area contributed by atoms with Gasteiger partial charge in [0.15, 0.2) is 0 Å². The van der Waals surface area contributed by atoms with Crippen molar-refractivity contribution in [1.29, 1.82) is 0 Å². The van der Waals surface area contributed by atoms with Gasteiger partial charge in [-0.3, -0.25) is 4.79 Å². The first-order valence-corrected chi connectivity index (χ1v) is 6.93. The van der Waals surface area contributed by atoms with E-state index < -0.39 is 0 Å². The second-order valence-electron chi connectivity index (χ2n) is 5.14. The summed E-state index contributed by atoms with van der Waals surface area (Å²) >= 11 is 0. The lowest BCUT2D eigenvalue weighted by atomic mass is 10.1. The zero-order valence-electron chi connectivity index (χ0n) is 12.0. The molecule has 0 bridgehead atoms. The summed E-state index contributed by atoms with van der Waals surface area (Å²) < 4.78 is 5.50. The fourth-order valence-corrected chi connectivity index (χ4v) is 2.40. The predicted octanol–water partition coefficient (Wildman–Crippen LogP) is 3.32. The lowest BCUT2D eigenvalue weighted by molar-refractivity contribution is 0.0652. The molecule has 1 amide bonds. The van der Waals surface area contributed by atoms with E-state index in [2.05, 4.69) is 13.2 Å². The van der Waals surface area contributed by atoms with Crippen LogP contribution >= 0.6 is 0 Å². The smallest absolute Gasteiger partial charge is 0.254 e. The summed E-state index contributed by atoms with van der Waals surface area (Å²) in [6.45, 7) is 10.6. The molecule has 106 valence electrons. The molecule has 1 fully saturated rings. The van der Waals surface area contributed by atoms with Crippen LogP contribution in [-0.4, -0.2) is 30.0 Å². The Kier molecular flexibility index (Phi) is 4.61. The van der Waals surface area contributed by atoms with E-state index in [0.717, 1.165) is 30.5 Å². The topological polar surface area (TPSA) is 29.5 Å². The van der Waals surface area contributed by atoms with Crippen molar-refractivity contribution >= 4 is 5.91 Å². The molecule has 2 rings (SSSR count). The van der Waals surface area contributed by atoms with Crippen molar-refractivity contribution in [3.63, 3.8) is 0 Å². The molecule has 0 aromatic heterocycles. The Morgan fingerprint density at radius 3 is 2.80 bits per heavy atom. The molecular formula is C17H21NO2. The highest BCUT2D eigenvalue weighted by molar-refractivity contribution is 5.94. The van der Waals surface area contributed by atoms with Crippen LogP contribution in [0.5, 0.6) is 0 Å². The number of carbonyl (C=O) groups is 1. The van der Waals surface area contributed by atoms with Crippen LogP contribution in [0.15, 0.2) is 49.3 Å². The maximum Gasteiger partial charge on any atom is 0.254 e. The molecule has 0 N–H and O–H groups in total. The molecule has 1 aromatic carbocycles. The molecule has 20 heavy (non-hydrogen) atoms. The van der Waals surface area contributed by atoms with Crippen LogP contribution in [0.1, 0.15) is 28.8 Å². The minimum Gasteiger partial charge on any atom is -0.492 e. The van der Waals surface area contributed by atoms with Gasteiger partial charge in [-0.1, -0.05) is 30.9 Å². The highest BCUT2D eigenvalue weighted by atomic mass is 16.5. The molecule has 1 unspecified atom stereocenters. The van der Waals surface area contributed by atoms with E-state index in [0.29, 0.717) is 12.4 Å². The second-order valence-corrected chi connectivity index (χ2v) is 5.14. The van der Waals surface area contributed by atoms with Crippen LogP contribution in [0.4, 0.5) is 0 Å². The highest BCUT2D eigenvalue weighted by Crippen LogP contribution is 2.21. The molecule has 1 atom stereocenters. The molecule has 3 heteroatoms. The number of hydrogen-bond donors (Lipinski definition) is 0. The first-order valence-electron chi connectivity index (χ1n) is 6.93. The van der Waals surface area contributed by atoms with Gasteiger partial charge in [0.1, 0.15) is 12.4 Å². The van der Waals surface area contributed by atoms with E-state index in [4.69, 9.17) is 4.74 Å². The summed E-state index contributed by atoms with van der Waals surface area (Å²) in [5.74, 6) is 0.639. The van der Waals surface area contributed by atoms with E-state index in [9.17, 15) is 4.79 Å². The Bertz CT molecular complexity index is 504. The molecule has 1 aliphatic rings. The largest absolute Gasteiger partial charge is 0.492 e. The Balaban J connectivity index is 2.02. The van der Waals surface area contributed by atoms with Crippen molar-refractivity contribution in [3.05, 3.63) is 60.4 Å². The molecule has 1 aromatic rings. The van der Waals surface area contributed by atoms with Crippen molar-refractivity contribution in [2.24, 2.45) is 0 Å². The Hall–Kier alpha value is -2.03. The summed E-state index contributed by atoms with van der Waals surface area (Å²) in [4.78, 5) is 14.4. The van der Waals surface area contributed by atoms with E-state index in [1.807, 2.05) is 36.1 Å². The summed E-state index contributed by atoms with van der Waals surface area (Å²) in [7, 11) is 0. The van der Waals surface area contributed by atoms with Gasteiger partial charge in [0, 0.05) is 12.1 Å². The third-order valence-corrected chi connectivity index (χ3v) is 3.63. The molecule has 3 nitrogen and oxygen atoms in total. The Morgan fingerprint density at radius 2 is 2.15 bits per heavy atom. The summed E-state index contributed by atoms with van der Waals surface area (Å²) in [6.07, 6.45) is 3.58. The standard InChI is InChI=1S/C17H21NO2/c1-4-14(3)20-12-16-6-5-11-18(16)17(19)15-9-7-13(2)8-10-15/h4,7-10,16H,1,3,5-6,11-12H2,2H3. The molecule has 1 saturated heterocycles. The number of aryl methyl sites for hydroxylation is 1. The molecule has 0 spiro atoms. The average Bonchev–Trinajstić information content (AvgIpc) is 2.93. The van der Waals surface area contributed by atoms with Crippen LogP contribution in [0.2, 0.25) is 0 Å². The van der Waals surface area contributed by atoms with Crippen LogP contribution in [0.25, 0.3) is 0 Å². The van der Waals surface area contributed by atoms with Crippen LogP contribution in [0, 0.1) is 6.92 Å². The van der Waals surface area contributed by atoms with Crippen LogP contribution in [0.3, 0.4) is 0 Å². The molecule has 0 aliphatic carbocycles. The first-order chi connectivity index (χ1) is 9.61. The van der Waals surface area contributed by atoms with Crippen molar-refractivity contribution < 1.29 is 9.53 Å². The van der Waals surface area contributed by atoms with Gasteiger partial charge in [-0.25, -0.2) is 0 Å². The number of ether oxygens (including phenoxy) is 1. The number of likely N-dealkylation sites (tertiary alicyclic amines) is 1. The quantitative estimate of drug-likeness (QED) is 0.607. The van der Waals surface area contributed by atoms with Gasteiger partial charge in [0.25, 0.3) is 5.91 Å².